The van der Waals surface area contributed by atoms with Crippen molar-refractivity contribution in [3.05, 3.63) is 12.2 Å². The molecule has 1 saturated heterocycles. The van der Waals surface area contributed by atoms with E-state index < -0.39 is 34.5 Å². The summed E-state index contributed by atoms with van der Waals surface area (Å²) in [6.45, 7) is 13.7. The number of rotatable bonds is 6. The van der Waals surface area contributed by atoms with Gasteiger partial charge in [-0.15, -0.1) is 0 Å². The van der Waals surface area contributed by atoms with Gasteiger partial charge in [0.25, 0.3) is 0 Å². The first-order valence-electron chi connectivity index (χ1n) is 7.59. The lowest BCUT2D eigenvalue weighted by atomic mass is 9.81. The monoisotopic (exact) mass is 326 g/mol. The predicted octanol–water partition coefficient (Wildman–Crippen LogP) is 2.55. The molecule has 1 rings (SSSR count). The van der Waals surface area contributed by atoms with Gasteiger partial charge in [-0.05, 0) is 41.5 Å². The van der Waals surface area contributed by atoms with E-state index in [0.29, 0.717) is 12.0 Å². The van der Waals surface area contributed by atoms with Crippen molar-refractivity contribution >= 4 is 17.9 Å². The third-order valence-electron chi connectivity index (χ3n) is 3.70. The molecule has 0 aromatic carbocycles. The van der Waals surface area contributed by atoms with Crippen LogP contribution in [0.4, 0.5) is 0 Å². The number of hydrogen-bond donors (Lipinski definition) is 0. The van der Waals surface area contributed by atoms with Crippen LogP contribution in [0.2, 0.25) is 0 Å². The van der Waals surface area contributed by atoms with E-state index in [-0.39, 0.29) is 13.0 Å². The molecule has 1 aliphatic heterocycles. The molecule has 0 bridgehead atoms. The molecule has 0 aromatic heterocycles. The molecular formula is C17H26O6. The number of cyclic esters (lactones) is 1. The second-order valence-electron chi connectivity index (χ2n) is 7.50. The zero-order valence-corrected chi connectivity index (χ0v) is 14.8. The number of esters is 3. The van der Waals surface area contributed by atoms with Crippen molar-refractivity contribution in [2.75, 3.05) is 6.61 Å². The number of carbonyl (C=O) groups excluding carboxylic acids is 3. The topological polar surface area (TPSA) is 78.9 Å². The maximum absolute atomic E-state index is 12.5. The first kappa shape index (κ1) is 19.2. The average molecular weight is 326 g/mol. The van der Waals surface area contributed by atoms with Crippen molar-refractivity contribution in [2.24, 2.45) is 5.41 Å². The summed E-state index contributed by atoms with van der Waals surface area (Å²) in [7, 11) is 0. The van der Waals surface area contributed by atoms with Crippen molar-refractivity contribution in [2.45, 2.75) is 65.6 Å². The summed E-state index contributed by atoms with van der Waals surface area (Å²) in [5, 5.41) is 0. The van der Waals surface area contributed by atoms with Crippen LogP contribution in [0.3, 0.4) is 0 Å². The van der Waals surface area contributed by atoms with Crippen LogP contribution >= 0.6 is 0 Å². The smallest absolute Gasteiger partial charge is 0.350 e. The van der Waals surface area contributed by atoms with Crippen LogP contribution in [0.25, 0.3) is 0 Å². The Morgan fingerprint density at radius 2 is 1.87 bits per heavy atom. The summed E-state index contributed by atoms with van der Waals surface area (Å²) in [6.07, 6.45) is 0.574. The molecule has 6 nitrogen and oxygen atoms in total. The first-order chi connectivity index (χ1) is 10.3. The Morgan fingerprint density at radius 1 is 1.30 bits per heavy atom. The van der Waals surface area contributed by atoms with Gasteiger partial charge in [0.1, 0.15) is 5.60 Å². The summed E-state index contributed by atoms with van der Waals surface area (Å²) in [4.78, 5) is 35.9. The molecule has 0 amide bonds. The van der Waals surface area contributed by atoms with Gasteiger partial charge in [-0.2, -0.15) is 0 Å². The standard InChI is InChI=1S/C17H26O6/c1-11(2)12(18)22-16(5,6)10-15(3,4)13(19)23-17(7)8-9-21-14(17)20/h1,8-10H2,2-7H3. The second kappa shape index (κ2) is 6.34. The van der Waals surface area contributed by atoms with E-state index in [2.05, 4.69) is 6.58 Å². The van der Waals surface area contributed by atoms with Gasteiger partial charge < -0.3 is 14.2 Å². The molecule has 1 atom stereocenters. The lowest BCUT2D eigenvalue weighted by molar-refractivity contribution is -0.181. The molecular weight excluding hydrogens is 300 g/mol. The number of carbonyl (C=O) groups is 3. The Kier molecular flexibility index (Phi) is 5.29. The van der Waals surface area contributed by atoms with E-state index >= 15 is 0 Å². The molecule has 0 N–H and O–H groups in total. The Labute approximate surface area is 137 Å². The van der Waals surface area contributed by atoms with Gasteiger partial charge in [0.15, 0.2) is 0 Å². The van der Waals surface area contributed by atoms with Crippen LogP contribution in [-0.2, 0) is 28.6 Å². The maximum atomic E-state index is 12.5. The van der Waals surface area contributed by atoms with Gasteiger partial charge in [0, 0.05) is 18.4 Å². The summed E-state index contributed by atoms with van der Waals surface area (Å²) in [5.74, 6) is -1.57. The van der Waals surface area contributed by atoms with E-state index in [0.717, 1.165) is 0 Å². The van der Waals surface area contributed by atoms with E-state index in [1.54, 1.807) is 41.5 Å². The average Bonchev–Trinajstić information content (AvgIpc) is 2.66. The summed E-state index contributed by atoms with van der Waals surface area (Å²) in [5.41, 5.74) is -2.77. The van der Waals surface area contributed by atoms with Crippen molar-refractivity contribution in [1.29, 1.82) is 0 Å². The van der Waals surface area contributed by atoms with Crippen molar-refractivity contribution < 1.29 is 28.6 Å². The minimum atomic E-state index is -1.24. The lowest BCUT2D eigenvalue weighted by Gasteiger charge is -2.34. The quantitative estimate of drug-likeness (QED) is 0.424. The minimum Gasteiger partial charge on any atom is -0.463 e. The highest BCUT2D eigenvalue weighted by Gasteiger charge is 2.47. The number of hydrogen-bond acceptors (Lipinski definition) is 6. The molecule has 0 radical (unpaired) electrons. The fraction of sp³-hybridized carbons (Fsp3) is 0.706. The summed E-state index contributed by atoms with van der Waals surface area (Å²) < 4.78 is 15.6. The van der Waals surface area contributed by atoms with Crippen LogP contribution in [0.15, 0.2) is 12.2 Å². The molecule has 1 fully saturated rings. The van der Waals surface area contributed by atoms with Gasteiger partial charge in [0.05, 0.1) is 12.0 Å². The fourth-order valence-electron chi connectivity index (χ4n) is 2.54. The van der Waals surface area contributed by atoms with Gasteiger partial charge >= 0.3 is 17.9 Å². The Hall–Kier alpha value is -1.85. The minimum absolute atomic E-state index is 0.239. The van der Waals surface area contributed by atoms with Crippen LogP contribution < -0.4 is 0 Å². The van der Waals surface area contributed by atoms with Crippen molar-refractivity contribution in [1.82, 2.24) is 0 Å². The normalized spacial score (nSPS) is 21.6. The van der Waals surface area contributed by atoms with E-state index in [4.69, 9.17) is 14.2 Å². The van der Waals surface area contributed by atoms with Gasteiger partial charge in [-0.25, -0.2) is 9.59 Å². The second-order valence-corrected chi connectivity index (χ2v) is 7.50. The molecule has 6 heteroatoms. The summed E-state index contributed by atoms with van der Waals surface area (Å²) >= 11 is 0. The van der Waals surface area contributed by atoms with E-state index in [9.17, 15) is 14.4 Å². The molecule has 130 valence electrons. The molecule has 0 saturated carbocycles. The maximum Gasteiger partial charge on any atom is 0.350 e. The highest BCUT2D eigenvalue weighted by atomic mass is 16.6. The first-order valence-corrected chi connectivity index (χ1v) is 7.59. The molecule has 0 aliphatic carbocycles. The third-order valence-corrected chi connectivity index (χ3v) is 3.70. The van der Waals surface area contributed by atoms with Crippen molar-refractivity contribution in [3.8, 4) is 0 Å². The molecule has 23 heavy (non-hydrogen) atoms. The Balaban J connectivity index is 2.77. The Morgan fingerprint density at radius 3 is 2.30 bits per heavy atom. The van der Waals surface area contributed by atoms with Crippen LogP contribution in [0.1, 0.15) is 54.4 Å². The molecule has 1 unspecified atom stereocenters. The van der Waals surface area contributed by atoms with E-state index in [1.807, 2.05) is 0 Å². The summed E-state index contributed by atoms with van der Waals surface area (Å²) in [6, 6.07) is 0. The number of ether oxygens (including phenoxy) is 3. The zero-order valence-electron chi connectivity index (χ0n) is 14.8. The van der Waals surface area contributed by atoms with Crippen molar-refractivity contribution in [3.63, 3.8) is 0 Å². The van der Waals surface area contributed by atoms with Crippen LogP contribution in [-0.4, -0.2) is 35.7 Å². The lowest BCUT2D eigenvalue weighted by Crippen LogP contribution is -2.44. The SMILES string of the molecule is C=C(C)C(=O)OC(C)(C)CC(C)(C)C(=O)OC1(C)CCOC1=O. The van der Waals surface area contributed by atoms with Crippen LogP contribution in [0, 0.1) is 5.41 Å². The molecule has 1 aliphatic rings. The van der Waals surface area contributed by atoms with Gasteiger partial charge in [-0.3, -0.25) is 4.79 Å². The highest BCUT2D eigenvalue weighted by Crippen LogP contribution is 2.35. The van der Waals surface area contributed by atoms with E-state index in [1.165, 1.54) is 0 Å². The molecule has 0 spiro atoms. The largest absolute Gasteiger partial charge is 0.463 e. The third kappa shape index (κ3) is 4.81. The Bertz CT molecular complexity index is 531. The fourth-order valence-corrected chi connectivity index (χ4v) is 2.54. The van der Waals surface area contributed by atoms with Gasteiger partial charge in [0.2, 0.25) is 5.60 Å². The van der Waals surface area contributed by atoms with Gasteiger partial charge in [-0.1, -0.05) is 6.58 Å². The molecule has 0 aromatic rings. The van der Waals surface area contributed by atoms with Crippen LogP contribution in [0.5, 0.6) is 0 Å². The highest BCUT2D eigenvalue weighted by molar-refractivity contribution is 5.87. The zero-order chi connectivity index (χ0) is 18.1. The predicted molar refractivity (Wildman–Crippen MR) is 83.5 cm³/mol. The molecule has 1 heterocycles.